The molecule has 5 N–H and O–H groups in total. The van der Waals surface area contributed by atoms with E-state index in [9.17, 15) is 32.2 Å². The van der Waals surface area contributed by atoms with Gasteiger partial charge in [-0.1, -0.05) is 0 Å². The molecule has 1 fully saturated rings. The molecule has 0 aliphatic carbocycles. The lowest BCUT2D eigenvalue weighted by Crippen LogP contribution is -2.42. The Morgan fingerprint density at radius 3 is 2.50 bits per heavy atom. The van der Waals surface area contributed by atoms with Gasteiger partial charge in [-0.15, -0.1) is 0 Å². The lowest BCUT2D eigenvalue weighted by atomic mass is 10.0. The van der Waals surface area contributed by atoms with E-state index in [1.807, 2.05) is 0 Å². The van der Waals surface area contributed by atoms with Crippen LogP contribution in [0, 0.1) is 11.6 Å². The van der Waals surface area contributed by atoms with Crippen LogP contribution in [-0.4, -0.2) is 64.1 Å². The summed E-state index contributed by atoms with van der Waals surface area (Å²) in [6, 6.07) is 0.203. The molecule has 0 unspecified atom stereocenters. The van der Waals surface area contributed by atoms with Crippen LogP contribution in [0.4, 0.5) is 20.5 Å². The standard InChI is InChI=1S/C17H19F2N5O5S/c1-30(28,29)24-4-2-8(3-5-24)22-17-21-7-9(16(20)23-17)14(26)12-13(19)10(18)6-11(25)15(12)27/h6-8,25,27H,2-5H2,1H3,(H3,20,21,22,23). The Bertz CT molecular complexity index is 1080. The number of aromatic nitrogens is 2. The van der Waals surface area contributed by atoms with Gasteiger partial charge < -0.3 is 21.3 Å². The number of benzene rings is 1. The number of nitrogens with zero attached hydrogens (tertiary/aromatic N) is 3. The summed E-state index contributed by atoms with van der Waals surface area (Å²) < 4.78 is 52.0. The van der Waals surface area contributed by atoms with E-state index >= 15 is 0 Å². The number of ketones is 1. The lowest BCUT2D eigenvalue weighted by molar-refractivity contribution is 0.103. The van der Waals surface area contributed by atoms with Gasteiger partial charge in [0.2, 0.25) is 21.8 Å². The minimum atomic E-state index is -3.26. The maximum absolute atomic E-state index is 14.0. The van der Waals surface area contributed by atoms with E-state index in [2.05, 4.69) is 15.3 Å². The fourth-order valence-electron chi connectivity index (χ4n) is 3.10. The van der Waals surface area contributed by atoms with Crippen LogP contribution in [0.2, 0.25) is 0 Å². The minimum Gasteiger partial charge on any atom is -0.504 e. The Morgan fingerprint density at radius 2 is 1.93 bits per heavy atom. The Balaban J connectivity index is 1.78. The summed E-state index contributed by atoms with van der Waals surface area (Å²) in [5, 5.41) is 22.2. The number of carbonyl (C=O) groups is 1. The van der Waals surface area contributed by atoms with Crippen LogP contribution in [0.25, 0.3) is 0 Å². The molecule has 1 saturated heterocycles. The molecule has 1 aliphatic rings. The number of nitrogens with two attached hydrogens (primary N) is 1. The fourth-order valence-corrected chi connectivity index (χ4v) is 3.97. The smallest absolute Gasteiger partial charge is 0.224 e. The van der Waals surface area contributed by atoms with Crippen molar-refractivity contribution in [1.82, 2.24) is 14.3 Å². The lowest BCUT2D eigenvalue weighted by Gasteiger charge is -2.30. The summed E-state index contributed by atoms with van der Waals surface area (Å²) in [4.78, 5) is 20.4. The predicted molar refractivity (Wildman–Crippen MR) is 103 cm³/mol. The molecule has 3 rings (SSSR count). The molecule has 0 atom stereocenters. The number of piperidine rings is 1. The second-order valence-electron chi connectivity index (χ2n) is 6.82. The van der Waals surface area contributed by atoms with Gasteiger partial charge >= 0.3 is 0 Å². The van der Waals surface area contributed by atoms with Crippen molar-refractivity contribution in [1.29, 1.82) is 0 Å². The number of hydrogen-bond acceptors (Lipinski definition) is 9. The number of carbonyl (C=O) groups excluding carboxylic acids is 1. The van der Waals surface area contributed by atoms with Gasteiger partial charge in [0.1, 0.15) is 11.4 Å². The van der Waals surface area contributed by atoms with Gasteiger partial charge in [-0.3, -0.25) is 4.79 Å². The third-order valence-corrected chi connectivity index (χ3v) is 6.02. The van der Waals surface area contributed by atoms with Crippen molar-refractivity contribution < 1.29 is 32.2 Å². The van der Waals surface area contributed by atoms with Crippen molar-refractivity contribution in [2.45, 2.75) is 18.9 Å². The quantitative estimate of drug-likeness (QED) is 0.387. The third kappa shape index (κ3) is 4.26. The van der Waals surface area contributed by atoms with Crippen molar-refractivity contribution >= 4 is 27.6 Å². The van der Waals surface area contributed by atoms with E-state index in [-0.39, 0.29) is 17.8 Å². The number of phenols is 2. The number of nitrogens with one attached hydrogen (secondary N) is 1. The molecule has 0 amide bonds. The molecular weight excluding hydrogens is 424 g/mol. The first-order valence-corrected chi connectivity index (χ1v) is 10.6. The minimum absolute atomic E-state index is 0.0636. The van der Waals surface area contributed by atoms with Crippen molar-refractivity contribution in [2.24, 2.45) is 0 Å². The van der Waals surface area contributed by atoms with Crippen molar-refractivity contribution in [2.75, 3.05) is 30.4 Å². The van der Waals surface area contributed by atoms with Crippen molar-refractivity contribution in [3.8, 4) is 11.5 Å². The van der Waals surface area contributed by atoms with Crippen molar-refractivity contribution in [3.63, 3.8) is 0 Å². The highest BCUT2D eigenvalue weighted by Gasteiger charge is 2.28. The molecule has 1 aliphatic heterocycles. The van der Waals surface area contributed by atoms with Gasteiger partial charge in [-0.25, -0.2) is 26.5 Å². The number of phenolic OH excluding ortho intramolecular Hbond substituents is 2. The van der Waals surface area contributed by atoms with Gasteiger partial charge in [0.05, 0.1) is 11.8 Å². The maximum atomic E-state index is 14.0. The molecule has 10 nitrogen and oxygen atoms in total. The van der Waals surface area contributed by atoms with Crippen LogP contribution < -0.4 is 11.1 Å². The molecule has 0 radical (unpaired) electrons. The Kier molecular flexibility index (Phi) is 5.76. The molecule has 13 heteroatoms. The van der Waals surface area contributed by atoms with Gasteiger partial charge in [0.25, 0.3) is 0 Å². The number of aromatic hydroxyl groups is 2. The predicted octanol–water partition coefficient (Wildman–Crippen LogP) is 0.815. The highest BCUT2D eigenvalue weighted by atomic mass is 32.2. The van der Waals surface area contributed by atoms with E-state index in [4.69, 9.17) is 5.73 Å². The number of nitrogen functional groups attached to an aromatic ring is 1. The largest absolute Gasteiger partial charge is 0.504 e. The summed E-state index contributed by atoms with van der Waals surface area (Å²) in [6.07, 6.45) is 3.12. The first-order valence-electron chi connectivity index (χ1n) is 8.77. The summed E-state index contributed by atoms with van der Waals surface area (Å²) in [5.74, 6) is -6.79. The van der Waals surface area contributed by atoms with Gasteiger partial charge in [0.15, 0.2) is 23.1 Å². The molecule has 0 saturated carbocycles. The Morgan fingerprint density at radius 1 is 1.30 bits per heavy atom. The molecule has 2 aromatic rings. The topological polar surface area (TPSA) is 159 Å². The summed E-state index contributed by atoms with van der Waals surface area (Å²) in [5.41, 5.74) is 4.28. The molecule has 30 heavy (non-hydrogen) atoms. The van der Waals surface area contributed by atoms with Gasteiger partial charge in [0, 0.05) is 31.4 Å². The molecule has 1 aromatic heterocycles. The first kappa shape index (κ1) is 21.6. The average molecular weight is 443 g/mol. The van der Waals surface area contributed by atoms with Gasteiger partial charge in [-0.2, -0.15) is 4.98 Å². The van der Waals surface area contributed by atoms with E-state index < -0.39 is 50.1 Å². The first-order chi connectivity index (χ1) is 14.0. The maximum Gasteiger partial charge on any atom is 0.224 e. The monoisotopic (exact) mass is 443 g/mol. The molecule has 0 spiro atoms. The van der Waals surface area contributed by atoms with Crippen LogP contribution >= 0.6 is 0 Å². The average Bonchev–Trinajstić information content (AvgIpc) is 2.66. The summed E-state index contributed by atoms with van der Waals surface area (Å²) in [6.45, 7) is 0.647. The summed E-state index contributed by atoms with van der Waals surface area (Å²) >= 11 is 0. The van der Waals surface area contributed by atoms with Crippen LogP contribution in [-0.2, 0) is 10.0 Å². The molecule has 2 heterocycles. The highest BCUT2D eigenvalue weighted by molar-refractivity contribution is 7.88. The molecule has 162 valence electrons. The highest BCUT2D eigenvalue weighted by Crippen LogP contribution is 2.34. The second-order valence-corrected chi connectivity index (χ2v) is 8.80. The Labute approximate surface area is 170 Å². The van der Waals surface area contributed by atoms with Crippen molar-refractivity contribution in [3.05, 3.63) is 35.0 Å². The van der Waals surface area contributed by atoms with E-state index in [1.54, 1.807) is 0 Å². The number of hydrogen-bond donors (Lipinski definition) is 4. The van der Waals surface area contributed by atoms with Crippen LogP contribution in [0.15, 0.2) is 12.3 Å². The SMILES string of the molecule is CS(=O)(=O)N1CCC(Nc2ncc(C(=O)c3c(O)c(O)cc(F)c3F)c(N)n2)CC1. The Hall–Kier alpha value is -3.06. The summed E-state index contributed by atoms with van der Waals surface area (Å²) in [7, 11) is -3.26. The van der Waals surface area contributed by atoms with Crippen LogP contribution in [0.1, 0.15) is 28.8 Å². The van der Waals surface area contributed by atoms with Crippen LogP contribution in [0.3, 0.4) is 0 Å². The normalized spacial score (nSPS) is 15.8. The van der Waals surface area contributed by atoms with E-state index in [0.29, 0.717) is 32.0 Å². The number of halogens is 2. The third-order valence-electron chi connectivity index (χ3n) is 4.72. The molecule has 1 aromatic carbocycles. The molecule has 0 bridgehead atoms. The zero-order chi connectivity index (χ0) is 22.2. The second kappa shape index (κ2) is 7.99. The fraction of sp³-hybridized carbons (Fsp3) is 0.353. The number of rotatable bonds is 5. The zero-order valence-electron chi connectivity index (χ0n) is 15.8. The van der Waals surface area contributed by atoms with Crippen LogP contribution in [0.5, 0.6) is 11.5 Å². The zero-order valence-corrected chi connectivity index (χ0v) is 16.6. The molecular formula is C17H19F2N5O5S. The van der Waals surface area contributed by atoms with Gasteiger partial charge in [-0.05, 0) is 12.8 Å². The van der Waals surface area contributed by atoms with E-state index in [1.165, 1.54) is 4.31 Å². The number of sulfonamides is 1. The number of anilines is 2. The van der Waals surface area contributed by atoms with E-state index in [0.717, 1.165) is 12.5 Å².